The van der Waals surface area contributed by atoms with Gasteiger partial charge in [-0.15, -0.1) is 0 Å². The summed E-state index contributed by atoms with van der Waals surface area (Å²) in [5.41, 5.74) is 6.41. The topological polar surface area (TPSA) is 44.5 Å². The number of hydrogen-bond donors (Lipinski definition) is 1. The molecule has 1 unspecified atom stereocenters. The van der Waals surface area contributed by atoms with E-state index < -0.39 is 0 Å². The van der Waals surface area contributed by atoms with Gasteiger partial charge in [-0.25, -0.2) is 4.39 Å². The number of ether oxygens (including phenoxy) is 2. The maximum Gasteiger partial charge on any atom is 0.165 e. The van der Waals surface area contributed by atoms with Crippen LogP contribution in [0.5, 0.6) is 5.75 Å². The lowest BCUT2D eigenvalue weighted by molar-refractivity contribution is 0.181. The minimum absolute atomic E-state index is 0.0235. The Balaban J connectivity index is 2.89. The highest BCUT2D eigenvalue weighted by molar-refractivity contribution is 5.31. The zero-order valence-electron chi connectivity index (χ0n) is 9.00. The second-order valence-corrected chi connectivity index (χ2v) is 3.28. The van der Waals surface area contributed by atoms with Crippen LogP contribution < -0.4 is 10.5 Å². The Kier molecular flexibility index (Phi) is 4.52. The maximum absolute atomic E-state index is 13.4. The van der Waals surface area contributed by atoms with Gasteiger partial charge in [0, 0.05) is 19.6 Å². The van der Waals surface area contributed by atoms with Crippen molar-refractivity contribution in [3.05, 3.63) is 29.6 Å². The molecule has 0 radical (unpaired) electrons. The van der Waals surface area contributed by atoms with E-state index in [1.165, 1.54) is 13.2 Å². The Morgan fingerprint density at radius 3 is 2.60 bits per heavy atom. The van der Waals surface area contributed by atoms with Crippen LogP contribution in [-0.2, 0) is 4.74 Å². The number of rotatable bonds is 5. The van der Waals surface area contributed by atoms with Crippen molar-refractivity contribution in [2.45, 2.75) is 5.92 Å². The fraction of sp³-hybridized carbons (Fsp3) is 0.455. The molecule has 1 aromatic carbocycles. The van der Waals surface area contributed by atoms with Crippen molar-refractivity contribution in [1.29, 1.82) is 0 Å². The van der Waals surface area contributed by atoms with E-state index in [2.05, 4.69) is 0 Å². The normalized spacial score (nSPS) is 12.5. The summed E-state index contributed by atoms with van der Waals surface area (Å²) in [5.74, 6) is -0.105. The number of hydrogen-bond acceptors (Lipinski definition) is 3. The quantitative estimate of drug-likeness (QED) is 0.806. The monoisotopic (exact) mass is 213 g/mol. The summed E-state index contributed by atoms with van der Waals surface area (Å²) in [6.07, 6.45) is 0. The van der Waals surface area contributed by atoms with E-state index in [0.717, 1.165) is 5.56 Å². The molecule has 2 N–H and O–H groups in total. The first-order chi connectivity index (χ1) is 7.22. The molecule has 0 heterocycles. The van der Waals surface area contributed by atoms with Gasteiger partial charge in [0.15, 0.2) is 11.6 Å². The van der Waals surface area contributed by atoms with Crippen molar-refractivity contribution < 1.29 is 13.9 Å². The van der Waals surface area contributed by atoms with Crippen molar-refractivity contribution in [1.82, 2.24) is 0 Å². The number of nitrogens with two attached hydrogens (primary N) is 1. The number of halogens is 1. The Morgan fingerprint density at radius 2 is 2.13 bits per heavy atom. The lowest BCUT2D eigenvalue weighted by Crippen LogP contribution is -2.17. The second-order valence-electron chi connectivity index (χ2n) is 3.28. The van der Waals surface area contributed by atoms with Gasteiger partial charge in [0.1, 0.15) is 0 Å². The summed E-state index contributed by atoms with van der Waals surface area (Å²) in [5, 5.41) is 0. The molecule has 0 spiro atoms. The fourth-order valence-corrected chi connectivity index (χ4v) is 1.44. The van der Waals surface area contributed by atoms with Crippen LogP contribution in [0.4, 0.5) is 4.39 Å². The molecule has 0 aliphatic heterocycles. The first-order valence-electron chi connectivity index (χ1n) is 4.75. The molecule has 1 aromatic rings. The Hall–Kier alpha value is -1.13. The fourth-order valence-electron chi connectivity index (χ4n) is 1.44. The highest BCUT2D eigenvalue weighted by Crippen LogP contribution is 2.22. The van der Waals surface area contributed by atoms with Crippen LogP contribution in [0, 0.1) is 5.82 Å². The largest absolute Gasteiger partial charge is 0.494 e. The lowest BCUT2D eigenvalue weighted by Gasteiger charge is -2.14. The summed E-state index contributed by atoms with van der Waals surface area (Å²) < 4.78 is 23.2. The van der Waals surface area contributed by atoms with E-state index in [0.29, 0.717) is 13.2 Å². The van der Waals surface area contributed by atoms with Crippen molar-refractivity contribution in [2.75, 3.05) is 27.4 Å². The van der Waals surface area contributed by atoms with E-state index in [9.17, 15) is 4.39 Å². The van der Waals surface area contributed by atoms with E-state index in [1.54, 1.807) is 19.2 Å². The summed E-state index contributed by atoms with van der Waals surface area (Å²) in [4.78, 5) is 0. The molecule has 0 bridgehead atoms. The minimum atomic E-state index is -0.371. The molecule has 0 saturated heterocycles. The predicted octanol–water partition coefficient (Wildman–Crippen LogP) is 1.52. The average Bonchev–Trinajstić information content (AvgIpc) is 2.25. The molecule has 3 nitrogen and oxygen atoms in total. The van der Waals surface area contributed by atoms with Gasteiger partial charge in [0.05, 0.1) is 13.7 Å². The van der Waals surface area contributed by atoms with Gasteiger partial charge in [0.25, 0.3) is 0 Å². The first kappa shape index (κ1) is 11.9. The molecule has 0 amide bonds. The van der Waals surface area contributed by atoms with Crippen molar-refractivity contribution in [2.24, 2.45) is 5.73 Å². The van der Waals surface area contributed by atoms with Crippen LogP contribution >= 0.6 is 0 Å². The molecule has 4 heteroatoms. The van der Waals surface area contributed by atoms with Crippen LogP contribution in [0.3, 0.4) is 0 Å². The second kappa shape index (κ2) is 5.68. The molecule has 1 atom stereocenters. The van der Waals surface area contributed by atoms with Crippen LogP contribution in [0.1, 0.15) is 11.5 Å². The number of benzene rings is 1. The van der Waals surface area contributed by atoms with Crippen molar-refractivity contribution >= 4 is 0 Å². The third-order valence-corrected chi connectivity index (χ3v) is 2.30. The molecule has 84 valence electrons. The van der Waals surface area contributed by atoms with E-state index in [-0.39, 0.29) is 17.5 Å². The highest BCUT2D eigenvalue weighted by atomic mass is 19.1. The predicted molar refractivity (Wildman–Crippen MR) is 56.6 cm³/mol. The van der Waals surface area contributed by atoms with Crippen LogP contribution in [0.15, 0.2) is 18.2 Å². The third-order valence-electron chi connectivity index (χ3n) is 2.30. The van der Waals surface area contributed by atoms with Crippen molar-refractivity contribution in [3.8, 4) is 5.75 Å². The molecule has 0 fully saturated rings. The molecule has 0 aromatic heterocycles. The van der Waals surface area contributed by atoms with Crippen LogP contribution in [0.25, 0.3) is 0 Å². The van der Waals surface area contributed by atoms with E-state index in [1.807, 2.05) is 0 Å². The lowest BCUT2D eigenvalue weighted by atomic mass is 10.00. The van der Waals surface area contributed by atoms with E-state index >= 15 is 0 Å². The smallest absolute Gasteiger partial charge is 0.165 e. The maximum atomic E-state index is 13.4. The minimum Gasteiger partial charge on any atom is -0.494 e. The van der Waals surface area contributed by atoms with Gasteiger partial charge in [-0.1, -0.05) is 6.07 Å². The molecule has 0 aliphatic carbocycles. The molecule has 0 aliphatic rings. The van der Waals surface area contributed by atoms with Crippen molar-refractivity contribution in [3.63, 3.8) is 0 Å². The van der Waals surface area contributed by atoms with Gasteiger partial charge in [-0.2, -0.15) is 0 Å². The third kappa shape index (κ3) is 2.91. The SMILES string of the molecule is COCC(CN)c1ccc(OC)c(F)c1. The average molecular weight is 213 g/mol. The summed E-state index contributed by atoms with van der Waals surface area (Å²) in [6, 6.07) is 4.84. The van der Waals surface area contributed by atoms with Gasteiger partial charge in [0.2, 0.25) is 0 Å². The van der Waals surface area contributed by atoms with Crippen LogP contribution in [-0.4, -0.2) is 27.4 Å². The molecular formula is C11H16FNO2. The highest BCUT2D eigenvalue weighted by Gasteiger charge is 2.12. The van der Waals surface area contributed by atoms with E-state index in [4.69, 9.17) is 15.2 Å². The van der Waals surface area contributed by atoms with Crippen LogP contribution in [0.2, 0.25) is 0 Å². The Bertz CT molecular complexity index is 317. The molecule has 1 rings (SSSR count). The van der Waals surface area contributed by atoms with Gasteiger partial charge in [-0.3, -0.25) is 0 Å². The standard InChI is InChI=1S/C11H16FNO2/c1-14-7-9(6-13)8-3-4-11(15-2)10(12)5-8/h3-5,9H,6-7,13H2,1-2H3. The van der Waals surface area contributed by atoms with Gasteiger partial charge < -0.3 is 15.2 Å². The number of methoxy groups -OCH3 is 2. The Morgan fingerprint density at radius 1 is 1.40 bits per heavy atom. The molecule has 0 saturated carbocycles. The summed E-state index contributed by atoms with van der Waals surface area (Å²) in [7, 11) is 3.04. The molecule has 15 heavy (non-hydrogen) atoms. The van der Waals surface area contributed by atoms with Gasteiger partial charge in [-0.05, 0) is 17.7 Å². The zero-order chi connectivity index (χ0) is 11.3. The first-order valence-corrected chi connectivity index (χ1v) is 4.75. The zero-order valence-corrected chi connectivity index (χ0v) is 9.00. The summed E-state index contributed by atoms with van der Waals surface area (Å²) >= 11 is 0. The summed E-state index contributed by atoms with van der Waals surface area (Å²) in [6.45, 7) is 0.919. The Labute approximate surface area is 89.0 Å². The van der Waals surface area contributed by atoms with Gasteiger partial charge >= 0.3 is 0 Å². The molecular weight excluding hydrogens is 197 g/mol.